The average Bonchev–Trinajstić information content (AvgIpc) is 2.50. The lowest BCUT2D eigenvalue weighted by atomic mass is 10.0. The Morgan fingerprint density at radius 2 is 1.52 bits per heavy atom. The lowest BCUT2D eigenvalue weighted by Crippen LogP contribution is -2.09. The maximum atomic E-state index is 12.0. The minimum Gasteiger partial charge on any atom is -0.466 e. The molecule has 0 saturated carbocycles. The number of ketones is 2. The zero-order chi connectivity index (χ0) is 17.5. The van der Waals surface area contributed by atoms with Crippen LogP contribution in [0.25, 0.3) is 0 Å². The highest BCUT2D eigenvalue weighted by atomic mass is 32.2. The van der Waals surface area contributed by atoms with Gasteiger partial charge in [-0.1, -0.05) is 12.1 Å². The fraction of sp³-hybridized carbons (Fsp3) is 0.438. The predicted molar refractivity (Wildman–Crippen MR) is 84.0 cm³/mol. The first kappa shape index (κ1) is 19.0. The molecule has 0 aliphatic heterocycles. The van der Waals surface area contributed by atoms with Crippen molar-refractivity contribution in [2.45, 2.75) is 37.5 Å². The van der Waals surface area contributed by atoms with Crippen molar-refractivity contribution < 1.29 is 27.5 Å². The van der Waals surface area contributed by atoms with E-state index < -0.39 is 15.8 Å². The van der Waals surface area contributed by atoms with Crippen molar-refractivity contribution >= 4 is 27.4 Å². The van der Waals surface area contributed by atoms with Gasteiger partial charge in [0.2, 0.25) is 0 Å². The van der Waals surface area contributed by atoms with Crippen LogP contribution in [0.5, 0.6) is 0 Å². The molecule has 7 heteroatoms. The van der Waals surface area contributed by atoms with Crippen LogP contribution < -0.4 is 0 Å². The summed E-state index contributed by atoms with van der Waals surface area (Å²) < 4.78 is 27.4. The Kier molecular flexibility index (Phi) is 7.09. The van der Waals surface area contributed by atoms with Crippen LogP contribution in [0, 0.1) is 0 Å². The zero-order valence-corrected chi connectivity index (χ0v) is 14.0. The van der Waals surface area contributed by atoms with Crippen molar-refractivity contribution in [3.05, 3.63) is 29.8 Å². The summed E-state index contributed by atoms with van der Waals surface area (Å²) in [6.45, 7) is 1.96. The van der Waals surface area contributed by atoms with E-state index in [1.807, 2.05) is 0 Å². The van der Waals surface area contributed by atoms with Crippen LogP contribution in [0.4, 0.5) is 0 Å². The van der Waals surface area contributed by atoms with Gasteiger partial charge in [-0.2, -0.15) is 0 Å². The van der Waals surface area contributed by atoms with Crippen molar-refractivity contribution in [1.29, 1.82) is 0 Å². The molecule has 0 aliphatic rings. The number of Topliss-reactive ketones (excluding diaryl/α,β-unsaturated/α-hetero) is 2. The number of hydrogen-bond donors (Lipinski definition) is 0. The quantitative estimate of drug-likeness (QED) is 0.504. The van der Waals surface area contributed by atoms with Gasteiger partial charge in [0.1, 0.15) is 5.78 Å². The van der Waals surface area contributed by atoms with Crippen molar-refractivity contribution in [1.82, 2.24) is 0 Å². The molecular formula is C16H20O6S. The minimum atomic E-state index is -3.30. The number of benzene rings is 1. The molecule has 0 atom stereocenters. The Hall–Kier alpha value is -2.02. The number of ether oxygens (including phenoxy) is 1. The van der Waals surface area contributed by atoms with E-state index in [0.29, 0.717) is 5.56 Å². The average molecular weight is 340 g/mol. The van der Waals surface area contributed by atoms with Crippen molar-refractivity contribution in [3.8, 4) is 0 Å². The van der Waals surface area contributed by atoms with Crippen LogP contribution in [0.2, 0.25) is 0 Å². The molecule has 0 N–H and O–H groups in total. The van der Waals surface area contributed by atoms with Gasteiger partial charge in [0, 0.05) is 31.1 Å². The molecule has 0 aromatic heterocycles. The topological polar surface area (TPSA) is 94.6 Å². The summed E-state index contributed by atoms with van der Waals surface area (Å²) in [6, 6.07) is 5.60. The van der Waals surface area contributed by atoms with E-state index in [0.717, 1.165) is 6.26 Å². The summed E-state index contributed by atoms with van der Waals surface area (Å²) in [4.78, 5) is 34.9. The zero-order valence-electron chi connectivity index (χ0n) is 13.2. The van der Waals surface area contributed by atoms with Gasteiger partial charge in [0.25, 0.3) is 0 Å². The number of carbonyl (C=O) groups excluding carboxylic acids is 3. The normalized spacial score (nSPS) is 11.0. The SMILES string of the molecule is CCOC(=O)CCC(=O)CCC(=O)c1ccc(S(C)(=O)=O)cc1. The van der Waals surface area contributed by atoms with Crippen LogP contribution in [-0.2, 0) is 24.2 Å². The van der Waals surface area contributed by atoms with Gasteiger partial charge in [-0.25, -0.2) is 8.42 Å². The Morgan fingerprint density at radius 3 is 2.04 bits per heavy atom. The van der Waals surface area contributed by atoms with E-state index >= 15 is 0 Å². The molecule has 1 aromatic rings. The van der Waals surface area contributed by atoms with Gasteiger partial charge in [-0.05, 0) is 19.1 Å². The summed E-state index contributed by atoms with van der Waals surface area (Å²) in [5, 5.41) is 0. The lowest BCUT2D eigenvalue weighted by molar-refractivity contribution is -0.144. The molecule has 0 amide bonds. The van der Waals surface area contributed by atoms with E-state index in [1.54, 1.807) is 6.92 Å². The molecule has 0 fully saturated rings. The molecule has 126 valence electrons. The molecule has 0 unspecified atom stereocenters. The molecule has 0 bridgehead atoms. The highest BCUT2D eigenvalue weighted by Gasteiger charge is 2.13. The molecular weight excluding hydrogens is 320 g/mol. The summed E-state index contributed by atoms with van der Waals surface area (Å²) >= 11 is 0. The van der Waals surface area contributed by atoms with Gasteiger partial charge in [-0.3, -0.25) is 14.4 Å². The van der Waals surface area contributed by atoms with E-state index in [-0.39, 0.29) is 48.8 Å². The highest BCUT2D eigenvalue weighted by Crippen LogP contribution is 2.13. The van der Waals surface area contributed by atoms with E-state index in [9.17, 15) is 22.8 Å². The first-order valence-corrected chi connectivity index (χ1v) is 9.13. The monoisotopic (exact) mass is 340 g/mol. The third-order valence-corrected chi connectivity index (χ3v) is 4.28. The second-order valence-electron chi connectivity index (χ2n) is 5.06. The standard InChI is InChI=1S/C16H20O6S/c1-3-22-16(19)11-7-13(17)6-10-15(18)12-4-8-14(9-5-12)23(2,20)21/h4-5,8-9H,3,6-7,10-11H2,1-2H3. The smallest absolute Gasteiger partial charge is 0.306 e. The number of esters is 1. The summed E-state index contributed by atoms with van der Waals surface area (Å²) in [5.74, 6) is -0.850. The number of rotatable bonds is 9. The minimum absolute atomic E-state index is 0.0178. The van der Waals surface area contributed by atoms with Gasteiger partial charge in [-0.15, -0.1) is 0 Å². The van der Waals surface area contributed by atoms with Crippen molar-refractivity contribution in [3.63, 3.8) is 0 Å². The number of carbonyl (C=O) groups is 3. The Labute approximate surface area is 135 Å². The van der Waals surface area contributed by atoms with E-state index in [2.05, 4.69) is 0 Å². The lowest BCUT2D eigenvalue weighted by Gasteiger charge is -2.03. The molecule has 6 nitrogen and oxygen atoms in total. The van der Waals surface area contributed by atoms with E-state index in [4.69, 9.17) is 4.74 Å². The fourth-order valence-electron chi connectivity index (χ4n) is 1.88. The van der Waals surface area contributed by atoms with Crippen molar-refractivity contribution in [2.75, 3.05) is 12.9 Å². The molecule has 0 saturated heterocycles. The number of sulfone groups is 1. The molecule has 0 aliphatic carbocycles. The molecule has 1 aromatic carbocycles. The maximum Gasteiger partial charge on any atom is 0.306 e. The summed E-state index contributed by atoms with van der Waals surface area (Å²) in [7, 11) is -3.30. The highest BCUT2D eigenvalue weighted by molar-refractivity contribution is 7.90. The third-order valence-electron chi connectivity index (χ3n) is 3.15. The van der Waals surface area contributed by atoms with Crippen LogP contribution in [0.3, 0.4) is 0 Å². The Bertz CT molecular complexity index is 673. The van der Waals surface area contributed by atoms with Crippen LogP contribution in [-0.4, -0.2) is 38.8 Å². The maximum absolute atomic E-state index is 12.0. The number of hydrogen-bond acceptors (Lipinski definition) is 6. The molecule has 23 heavy (non-hydrogen) atoms. The van der Waals surface area contributed by atoms with Crippen LogP contribution >= 0.6 is 0 Å². The molecule has 0 radical (unpaired) electrons. The summed E-state index contributed by atoms with van der Waals surface area (Å²) in [6.07, 6.45) is 1.24. The van der Waals surface area contributed by atoms with E-state index in [1.165, 1.54) is 24.3 Å². The van der Waals surface area contributed by atoms with Crippen molar-refractivity contribution in [2.24, 2.45) is 0 Å². The Balaban J connectivity index is 2.47. The molecule has 1 rings (SSSR count). The largest absolute Gasteiger partial charge is 0.466 e. The van der Waals surface area contributed by atoms with Gasteiger partial charge < -0.3 is 4.74 Å². The van der Waals surface area contributed by atoms with Gasteiger partial charge >= 0.3 is 5.97 Å². The first-order valence-electron chi connectivity index (χ1n) is 7.24. The summed E-state index contributed by atoms with van der Waals surface area (Å²) in [5.41, 5.74) is 0.357. The molecule has 0 heterocycles. The van der Waals surface area contributed by atoms with Crippen LogP contribution in [0.15, 0.2) is 29.2 Å². The first-order chi connectivity index (χ1) is 10.7. The second-order valence-corrected chi connectivity index (χ2v) is 7.08. The second kappa shape index (κ2) is 8.57. The van der Waals surface area contributed by atoms with Gasteiger partial charge in [0.15, 0.2) is 15.6 Å². The predicted octanol–water partition coefficient (Wildman–Crippen LogP) is 1.97. The third kappa shape index (κ3) is 6.73. The Morgan fingerprint density at radius 1 is 0.957 bits per heavy atom. The molecule has 0 spiro atoms. The van der Waals surface area contributed by atoms with Gasteiger partial charge in [0.05, 0.1) is 17.9 Å². The van der Waals surface area contributed by atoms with Crippen LogP contribution in [0.1, 0.15) is 43.0 Å². The fourth-order valence-corrected chi connectivity index (χ4v) is 2.52.